The number of ether oxygens (including phenoxy) is 1. The highest BCUT2D eigenvalue weighted by molar-refractivity contribution is 5.40. The Morgan fingerprint density at radius 1 is 1.47 bits per heavy atom. The number of nitrogens with one attached hydrogen (secondary N) is 2. The van der Waals surface area contributed by atoms with Crippen LogP contribution in [0.1, 0.15) is 17.6 Å². The average Bonchev–Trinajstić information content (AvgIpc) is 2.81. The van der Waals surface area contributed by atoms with Crippen molar-refractivity contribution < 1.29 is 13.5 Å². The Morgan fingerprint density at radius 3 is 2.84 bits per heavy atom. The van der Waals surface area contributed by atoms with Crippen molar-refractivity contribution in [2.75, 3.05) is 18.2 Å². The van der Waals surface area contributed by atoms with Gasteiger partial charge in [0, 0.05) is 6.54 Å². The van der Waals surface area contributed by atoms with Gasteiger partial charge in [-0.25, -0.2) is 13.9 Å². The number of alkyl halides is 2. The molecule has 0 atom stereocenters. The maximum absolute atomic E-state index is 12.8. The van der Waals surface area contributed by atoms with Gasteiger partial charge in [0.05, 0.1) is 12.7 Å². The monoisotopic (exact) mass is 269 g/mol. The van der Waals surface area contributed by atoms with E-state index in [1.165, 1.54) is 19.2 Å². The normalized spacial score (nSPS) is 10.7. The van der Waals surface area contributed by atoms with Crippen molar-refractivity contribution in [3.8, 4) is 5.75 Å². The van der Waals surface area contributed by atoms with Gasteiger partial charge in [-0.15, -0.1) is 5.10 Å². The zero-order chi connectivity index (χ0) is 13.8. The molecule has 19 heavy (non-hydrogen) atoms. The zero-order valence-electron chi connectivity index (χ0n) is 10.2. The minimum absolute atomic E-state index is 0.142. The number of benzene rings is 1. The maximum atomic E-state index is 12.8. The topological polar surface area (TPSA) is 88.8 Å². The number of aromatic amines is 1. The van der Waals surface area contributed by atoms with Crippen LogP contribution in [0.4, 0.5) is 20.7 Å². The largest absolute Gasteiger partial charge is 0.496 e. The van der Waals surface area contributed by atoms with E-state index in [0.717, 1.165) is 0 Å². The van der Waals surface area contributed by atoms with Crippen LogP contribution in [0, 0.1) is 0 Å². The second-order valence-corrected chi connectivity index (χ2v) is 3.77. The van der Waals surface area contributed by atoms with Crippen molar-refractivity contribution in [2.45, 2.75) is 13.0 Å². The van der Waals surface area contributed by atoms with Crippen LogP contribution < -0.4 is 15.8 Å². The second-order valence-electron chi connectivity index (χ2n) is 3.77. The molecule has 0 spiro atoms. The molecule has 4 N–H and O–H groups in total. The van der Waals surface area contributed by atoms with E-state index in [2.05, 4.69) is 20.5 Å². The van der Waals surface area contributed by atoms with E-state index in [0.29, 0.717) is 18.1 Å². The lowest BCUT2D eigenvalue weighted by atomic mass is 10.1. The average molecular weight is 269 g/mol. The molecule has 0 aliphatic carbocycles. The number of rotatable bonds is 5. The Kier molecular flexibility index (Phi) is 3.79. The lowest BCUT2D eigenvalue weighted by Gasteiger charge is -2.10. The summed E-state index contributed by atoms with van der Waals surface area (Å²) in [4.78, 5) is 3.84. The molecule has 0 aliphatic rings. The van der Waals surface area contributed by atoms with E-state index < -0.39 is 6.43 Å². The van der Waals surface area contributed by atoms with E-state index in [-0.39, 0.29) is 17.3 Å². The highest BCUT2D eigenvalue weighted by Gasteiger charge is 2.14. The molecule has 2 aromatic rings. The minimum atomic E-state index is -2.59. The minimum Gasteiger partial charge on any atom is -0.496 e. The molecule has 0 radical (unpaired) electrons. The molecule has 1 aromatic heterocycles. The predicted octanol–water partition coefficient (Wildman–Crippen LogP) is 1.95. The summed E-state index contributed by atoms with van der Waals surface area (Å²) in [6.45, 7) is 0.307. The molecule has 0 unspecified atom stereocenters. The van der Waals surface area contributed by atoms with Gasteiger partial charge in [0.2, 0.25) is 11.9 Å². The molecule has 8 heteroatoms. The van der Waals surface area contributed by atoms with Gasteiger partial charge < -0.3 is 15.8 Å². The van der Waals surface area contributed by atoms with Crippen molar-refractivity contribution in [1.29, 1.82) is 0 Å². The van der Waals surface area contributed by atoms with Crippen molar-refractivity contribution in [2.24, 2.45) is 0 Å². The van der Waals surface area contributed by atoms with Crippen LogP contribution in [0.2, 0.25) is 0 Å². The zero-order valence-corrected chi connectivity index (χ0v) is 10.2. The second kappa shape index (κ2) is 5.51. The van der Waals surface area contributed by atoms with Gasteiger partial charge in [0.1, 0.15) is 5.75 Å². The summed E-state index contributed by atoms with van der Waals surface area (Å²) >= 11 is 0. The van der Waals surface area contributed by atoms with Crippen LogP contribution >= 0.6 is 0 Å². The number of halogens is 2. The first-order chi connectivity index (χ1) is 9.10. The highest BCUT2D eigenvalue weighted by atomic mass is 19.3. The molecule has 0 aliphatic heterocycles. The van der Waals surface area contributed by atoms with Crippen LogP contribution in [0.5, 0.6) is 5.75 Å². The molecule has 0 bridgehead atoms. The summed E-state index contributed by atoms with van der Waals surface area (Å²) in [6, 6.07) is 4.57. The van der Waals surface area contributed by atoms with E-state index in [9.17, 15) is 8.78 Å². The summed E-state index contributed by atoms with van der Waals surface area (Å²) < 4.78 is 30.5. The van der Waals surface area contributed by atoms with Crippen LogP contribution in [0.3, 0.4) is 0 Å². The van der Waals surface area contributed by atoms with E-state index in [4.69, 9.17) is 10.5 Å². The standard InChI is InChI=1S/C11H13F2N5O/c1-19-8-3-2-6(4-7(8)9(12)13)5-15-11-16-10(14)17-18-11/h2-4,9H,5H2,1H3,(H4,14,15,16,17,18). The number of nitrogens with zero attached hydrogens (tertiary/aromatic N) is 2. The number of nitrogen functional groups attached to an aromatic ring is 1. The summed E-state index contributed by atoms with van der Waals surface area (Å²) in [5, 5.41) is 9.11. The summed E-state index contributed by atoms with van der Waals surface area (Å²) in [7, 11) is 1.36. The molecule has 0 fully saturated rings. The first-order valence-electron chi connectivity index (χ1n) is 5.47. The molecule has 1 aromatic carbocycles. The smallest absolute Gasteiger partial charge is 0.267 e. The molecule has 1 heterocycles. The van der Waals surface area contributed by atoms with Gasteiger partial charge in [-0.05, 0) is 17.7 Å². The number of hydrogen-bond donors (Lipinski definition) is 3. The Morgan fingerprint density at radius 2 is 2.26 bits per heavy atom. The molecular weight excluding hydrogens is 256 g/mol. The number of nitrogens with two attached hydrogens (primary N) is 1. The predicted molar refractivity (Wildman–Crippen MR) is 66.1 cm³/mol. The van der Waals surface area contributed by atoms with Crippen LogP contribution in [-0.2, 0) is 6.54 Å². The number of hydrogen-bond acceptors (Lipinski definition) is 5. The number of H-pyrrole nitrogens is 1. The third kappa shape index (κ3) is 3.09. The van der Waals surface area contributed by atoms with Crippen molar-refractivity contribution in [3.63, 3.8) is 0 Å². The van der Waals surface area contributed by atoms with Crippen LogP contribution in [0.25, 0.3) is 0 Å². The maximum Gasteiger partial charge on any atom is 0.267 e. The van der Waals surface area contributed by atoms with E-state index in [1.54, 1.807) is 6.07 Å². The first-order valence-corrected chi connectivity index (χ1v) is 5.47. The fourth-order valence-corrected chi connectivity index (χ4v) is 1.60. The number of anilines is 2. The van der Waals surface area contributed by atoms with Crippen molar-refractivity contribution in [3.05, 3.63) is 29.3 Å². The van der Waals surface area contributed by atoms with Gasteiger partial charge in [-0.1, -0.05) is 6.07 Å². The Balaban J connectivity index is 2.10. The van der Waals surface area contributed by atoms with Crippen molar-refractivity contribution in [1.82, 2.24) is 15.2 Å². The quantitative estimate of drug-likeness (QED) is 0.772. The number of aromatic nitrogens is 3. The Bertz CT molecular complexity index is 558. The molecule has 102 valence electrons. The van der Waals surface area contributed by atoms with E-state index in [1.807, 2.05) is 0 Å². The third-order valence-electron chi connectivity index (χ3n) is 2.48. The van der Waals surface area contributed by atoms with Gasteiger partial charge in [0.25, 0.3) is 6.43 Å². The van der Waals surface area contributed by atoms with E-state index >= 15 is 0 Å². The first kappa shape index (κ1) is 13.1. The van der Waals surface area contributed by atoms with Gasteiger partial charge in [0.15, 0.2) is 0 Å². The van der Waals surface area contributed by atoms with Gasteiger partial charge in [-0.2, -0.15) is 4.98 Å². The Labute approximate surface area is 108 Å². The van der Waals surface area contributed by atoms with Crippen LogP contribution in [-0.4, -0.2) is 22.3 Å². The van der Waals surface area contributed by atoms with Gasteiger partial charge in [-0.3, -0.25) is 0 Å². The SMILES string of the molecule is COc1ccc(CNc2n[nH]c(N)n2)cc1C(F)F. The summed E-state index contributed by atoms with van der Waals surface area (Å²) in [5.74, 6) is 0.665. The molecule has 2 rings (SSSR count). The van der Waals surface area contributed by atoms with Crippen LogP contribution in [0.15, 0.2) is 18.2 Å². The highest BCUT2D eigenvalue weighted by Crippen LogP contribution is 2.29. The molecule has 0 amide bonds. The summed E-state index contributed by atoms with van der Waals surface area (Å²) in [5.41, 5.74) is 5.89. The van der Waals surface area contributed by atoms with Crippen molar-refractivity contribution >= 4 is 11.9 Å². The lowest BCUT2D eigenvalue weighted by molar-refractivity contribution is 0.147. The fraction of sp³-hybridized carbons (Fsp3) is 0.273. The van der Waals surface area contributed by atoms with Gasteiger partial charge >= 0.3 is 0 Å². The Hall–Kier alpha value is -2.38. The fourth-order valence-electron chi connectivity index (χ4n) is 1.60. The summed E-state index contributed by atoms with van der Waals surface area (Å²) in [6.07, 6.45) is -2.59. The lowest BCUT2D eigenvalue weighted by Crippen LogP contribution is -2.03. The molecule has 0 saturated heterocycles. The molecule has 0 saturated carbocycles. The molecule has 6 nitrogen and oxygen atoms in total. The number of methoxy groups -OCH3 is 1. The third-order valence-corrected chi connectivity index (χ3v) is 2.48. The molecular formula is C11H13F2N5O.